The molecule has 6 nitrogen and oxygen atoms in total. The van der Waals surface area contributed by atoms with Crippen LogP contribution < -0.4 is 0 Å². The molecule has 3 heterocycles. The molecule has 0 amide bonds. The van der Waals surface area contributed by atoms with E-state index in [9.17, 15) is 0 Å². The number of likely N-dealkylation sites (tertiary alicyclic amines) is 1. The summed E-state index contributed by atoms with van der Waals surface area (Å²) in [5.74, 6) is 2.56. The summed E-state index contributed by atoms with van der Waals surface area (Å²) < 4.78 is 5.63. The van der Waals surface area contributed by atoms with Crippen LogP contribution in [0.25, 0.3) is 0 Å². The van der Waals surface area contributed by atoms with Gasteiger partial charge in [0.25, 0.3) is 0 Å². The predicted molar refractivity (Wildman–Crippen MR) is 77.7 cm³/mol. The van der Waals surface area contributed by atoms with Gasteiger partial charge >= 0.3 is 0 Å². The lowest BCUT2D eigenvalue weighted by molar-refractivity contribution is 0.116. The van der Waals surface area contributed by atoms with E-state index < -0.39 is 0 Å². The molecule has 112 valence electrons. The first-order valence-corrected chi connectivity index (χ1v) is 7.45. The van der Waals surface area contributed by atoms with Crippen molar-refractivity contribution in [1.82, 2.24) is 25.1 Å². The summed E-state index contributed by atoms with van der Waals surface area (Å²) in [6.07, 6.45) is 5.96. The largest absolute Gasteiger partial charge is 0.425 e. The van der Waals surface area contributed by atoms with Gasteiger partial charge in [-0.3, -0.25) is 4.90 Å². The van der Waals surface area contributed by atoms with E-state index in [4.69, 9.17) is 4.42 Å². The van der Waals surface area contributed by atoms with E-state index in [1.165, 1.54) is 0 Å². The van der Waals surface area contributed by atoms with Gasteiger partial charge in [0, 0.05) is 25.4 Å². The van der Waals surface area contributed by atoms with Gasteiger partial charge in [0.2, 0.25) is 11.8 Å². The normalized spacial score (nSPS) is 23.4. The van der Waals surface area contributed by atoms with Gasteiger partial charge < -0.3 is 4.42 Å². The highest BCUT2D eigenvalue weighted by Gasteiger charge is 2.32. The maximum atomic E-state index is 5.63. The molecule has 6 heteroatoms. The number of rotatable bonds is 3. The highest BCUT2D eigenvalue weighted by atomic mass is 16.4. The Morgan fingerprint density at radius 2 is 2.00 bits per heavy atom. The zero-order valence-electron chi connectivity index (χ0n) is 12.8. The Kier molecular flexibility index (Phi) is 3.96. The van der Waals surface area contributed by atoms with E-state index in [-0.39, 0.29) is 0 Å². The first-order valence-electron chi connectivity index (χ1n) is 7.45. The van der Waals surface area contributed by atoms with Crippen molar-refractivity contribution in [2.75, 3.05) is 6.54 Å². The Bertz CT molecular complexity index is 594. The maximum absolute atomic E-state index is 5.63. The fourth-order valence-corrected chi connectivity index (χ4v) is 2.91. The summed E-state index contributed by atoms with van der Waals surface area (Å²) in [7, 11) is 0. The van der Waals surface area contributed by atoms with Crippen molar-refractivity contribution < 1.29 is 4.42 Å². The minimum Gasteiger partial charge on any atom is -0.425 e. The second kappa shape index (κ2) is 5.89. The van der Waals surface area contributed by atoms with Gasteiger partial charge in [0.1, 0.15) is 5.82 Å². The summed E-state index contributed by atoms with van der Waals surface area (Å²) in [5, 5.41) is 8.15. The summed E-state index contributed by atoms with van der Waals surface area (Å²) in [5.41, 5.74) is 1.09. The van der Waals surface area contributed by atoms with E-state index in [0.29, 0.717) is 17.9 Å². The molecule has 0 radical (unpaired) electrons. The van der Waals surface area contributed by atoms with Crippen molar-refractivity contribution in [2.24, 2.45) is 0 Å². The molecule has 0 bridgehead atoms. The highest BCUT2D eigenvalue weighted by molar-refractivity contribution is 5.04. The van der Waals surface area contributed by atoms with Crippen LogP contribution in [0.4, 0.5) is 0 Å². The second-order valence-electron chi connectivity index (χ2n) is 5.80. The van der Waals surface area contributed by atoms with Gasteiger partial charge in [0.05, 0.1) is 12.5 Å². The molecule has 2 atom stereocenters. The Balaban J connectivity index is 1.72. The molecule has 1 aliphatic heterocycles. The zero-order valence-corrected chi connectivity index (χ0v) is 12.8. The molecule has 0 saturated carbocycles. The van der Waals surface area contributed by atoms with Crippen molar-refractivity contribution in [2.45, 2.75) is 52.1 Å². The molecule has 21 heavy (non-hydrogen) atoms. The smallest absolute Gasteiger partial charge is 0.221 e. The Labute approximate surface area is 124 Å². The highest BCUT2D eigenvalue weighted by Crippen LogP contribution is 2.32. The Hall–Kier alpha value is -1.82. The van der Waals surface area contributed by atoms with Crippen LogP contribution in [0.2, 0.25) is 0 Å². The molecule has 1 aliphatic rings. The molecule has 0 aromatic carbocycles. The van der Waals surface area contributed by atoms with Crippen LogP contribution in [0.1, 0.15) is 48.9 Å². The maximum Gasteiger partial charge on any atom is 0.221 e. The third-order valence-electron chi connectivity index (χ3n) is 4.16. The van der Waals surface area contributed by atoms with Crippen LogP contribution in [0.5, 0.6) is 0 Å². The number of hydrogen-bond donors (Lipinski definition) is 0. The lowest BCUT2D eigenvalue weighted by Gasteiger charge is -2.37. The zero-order chi connectivity index (χ0) is 14.8. The predicted octanol–water partition coefficient (Wildman–Crippen LogP) is 2.24. The summed E-state index contributed by atoms with van der Waals surface area (Å²) >= 11 is 0. The average molecular weight is 287 g/mol. The lowest BCUT2D eigenvalue weighted by atomic mass is 9.90. The van der Waals surface area contributed by atoms with Crippen molar-refractivity contribution in [3.8, 4) is 0 Å². The van der Waals surface area contributed by atoms with Gasteiger partial charge in [-0.15, -0.1) is 10.2 Å². The number of hydrogen-bond acceptors (Lipinski definition) is 6. The van der Waals surface area contributed by atoms with Gasteiger partial charge in [-0.2, -0.15) is 0 Å². The second-order valence-corrected chi connectivity index (χ2v) is 5.80. The topological polar surface area (TPSA) is 67.9 Å². The van der Waals surface area contributed by atoms with Crippen LogP contribution >= 0.6 is 0 Å². The summed E-state index contributed by atoms with van der Waals surface area (Å²) in [6.45, 7) is 7.88. The van der Waals surface area contributed by atoms with Crippen molar-refractivity contribution >= 4 is 0 Å². The summed E-state index contributed by atoms with van der Waals surface area (Å²) in [6, 6.07) is 0.350. The van der Waals surface area contributed by atoms with Gasteiger partial charge in [-0.25, -0.2) is 9.97 Å². The molecule has 0 aliphatic carbocycles. The minimum absolute atomic E-state index is 0.297. The summed E-state index contributed by atoms with van der Waals surface area (Å²) in [4.78, 5) is 11.2. The molecule has 1 fully saturated rings. The average Bonchev–Trinajstić information content (AvgIpc) is 2.90. The lowest BCUT2D eigenvalue weighted by Crippen LogP contribution is -2.42. The van der Waals surface area contributed by atoms with E-state index >= 15 is 0 Å². The monoisotopic (exact) mass is 287 g/mol. The van der Waals surface area contributed by atoms with Crippen LogP contribution in [0.3, 0.4) is 0 Å². The standard InChI is InChI=1S/C15H21N5O/c1-10-7-16-14(17-8-10)9-20-6-4-5-13(11(20)2)15-19-18-12(3)21-15/h7-8,11,13H,4-6,9H2,1-3H3/t11-,13-/m0/s1. The Morgan fingerprint density at radius 3 is 2.67 bits per heavy atom. The number of nitrogens with zero attached hydrogens (tertiary/aromatic N) is 5. The number of aromatic nitrogens is 4. The van der Waals surface area contributed by atoms with Gasteiger partial charge in [0.15, 0.2) is 0 Å². The van der Waals surface area contributed by atoms with E-state index in [1.807, 2.05) is 26.2 Å². The third kappa shape index (κ3) is 3.10. The van der Waals surface area contributed by atoms with Gasteiger partial charge in [-0.1, -0.05) is 0 Å². The first kappa shape index (κ1) is 14.1. The molecule has 2 aromatic rings. The number of aryl methyl sites for hydroxylation is 2. The molecule has 0 spiro atoms. The molecule has 2 aromatic heterocycles. The van der Waals surface area contributed by atoms with Crippen LogP contribution in [0.15, 0.2) is 16.8 Å². The van der Waals surface area contributed by atoms with Crippen molar-refractivity contribution in [3.63, 3.8) is 0 Å². The molecule has 1 saturated heterocycles. The first-order chi connectivity index (χ1) is 10.1. The quantitative estimate of drug-likeness (QED) is 0.862. The molecule has 0 N–H and O–H groups in total. The molecular formula is C15H21N5O. The molecular weight excluding hydrogens is 266 g/mol. The molecule has 0 unspecified atom stereocenters. The van der Waals surface area contributed by atoms with Gasteiger partial charge in [-0.05, 0) is 38.8 Å². The van der Waals surface area contributed by atoms with Crippen molar-refractivity contribution in [3.05, 3.63) is 35.6 Å². The SMILES string of the molecule is Cc1cnc(CN2CCC[C@H](c3nnc(C)o3)[C@@H]2C)nc1. The Morgan fingerprint density at radius 1 is 1.24 bits per heavy atom. The third-order valence-corrected chi connectivity index (χ3v) is 4.16. The fraction of sp³-hybridized carbons (Fsp3) is 0.600. The van der Waals surface area contributed by atoms with E-state index in [1.54, 1.807) is 0 Å². The van der Waals surface area contributed by atoms with Crippen LogP contribution in [-0.4, -0.2) is 37.7 Å². The van der Waals surface area contributed by atoms with E-state index in [2.05, 4.69) is 32.0 Å². The molecule has 3 rings (SSSR count). The minimum atomic E-state index is 0.297. The number of piperidine rings is 1. The van der Waals surface area contributed by atoms with Crippen molar-refractivity contribution in [1.29, 1.82) is 0 Å². The van der Waals surface area contributed by atoms with E-state index in [0.717, 1.165) is 43.2 Å². The van der Waals surface area contributed by atoms with Crippen LogP contribution in [0, 0.1) is 13.8 Å². The van der Waals surface area contributed by atoms with Crippen LogP contribution in [-0.2, 0) is 6.54 Å². The fourth-order valence-electron chi connectivity index (χ4n) is 2.91.